The molecule has 0 radical (unpaired) electrons. The van der Waals surface area contributed by atoms with Gasteiger partial charge in [0.05, 0.1) is 18.9 Å². The molecule has 0 bridgehead atoms. The molecule has 0 amide bonds. The number of hydrogen-bond donors (Lipinski definition) is 0. The molecule has 5 nitrogen and oxygen atoms in total. The molecule has 0 atom stereocenters. The van der Waals surface area contributed by atoms with Crippen molar-refractivity contribution < 1.29 is 9.47 Å². The quantitative estimate of drug-likeness (QED) is 0.862. The summed E-state index contributed by atoms with van der Waals surface area (Å²) in [6.45, 7) is 7.01. The van der Waals surface area contributed by atoms with E-state index in [1.165, 1.54) is 0 Å². The van der Waals surface area contributed by atoms with Crippen molar-refractivity contribution in [3.63, 3.8) is 0 Å². The second kappa shape index (κ2) is 4.51. The molecule has 106 valence electrons. The lowest BCUT2D eigenvalue weighted by molar-refractivity contribution is -0.166. The Morgan fingerprint density at radius 3 is 2.10 bits per heavy atom. The van der Waals surface area contributed by atoms with Crippen LogP contribution in [0.4, 0.5) is 0 Å². The predicted octanol–water partition coefficient (Wildman–Crippen LogP) is 2.88. The minimum atomic E-state index is -0.690. The second-order valence-corrected chi connectivity index (χ2v) is 6.03. The van der Waals surface area contributed by atoms with E-state index >= 15 is 0 Å². The smallest absolute Gasteiger partial charge is 0.258 e. The van der Waals surface area contributed by atoms with E-state index in [4.69, 9.17) is 9.47 Å². The molecule has 20 heavy (non-hydrogen) atoms. The molecule has 1 aliphatic heterocycles. The molecule has 1 aromatic heterocycles. The zero-order valence-corrected chi connectivity index (χ0v) is 12.0. The number of para-hydroxylation sites is 2. The molecule has 1 aliphatic rings. The average molecular weight is 273 g/mol. The Labute approximate surface area is 118 Å². The van der Waals surface area contributed by atoms with Gasteiger partial charge in [-0.05, 0) is 12.1 Å². The standard InChI is InChI=1S/C15H19N3O2/c1-14(2,3)15(8-11-18-16-9-10-17-18)19-12-6-4-5-7-13(12)20-15/h4-7,9-10H,8,11H2,1-3H3. The third kappa shape index (κ3) is 2.13. The van der Waals surface area contributed by atoms with Crippen molar-refractivity contribution in [3.8, 4) is 11.5 Å². The van der Waals surface area contributed by atoms with Crippen LogP contribution in [-0.2, 0) is 6.54 Å². The molecular formula is C15H19N3O2. The summed E-state index contributed by atoms with van der Waals surface area (Å²) in [6, 6.07) is 7.79. The highest BCUT2D eigenvalue weighted by molar-refractivity contribution is 5.43. The van der Waals surface area contributed by atoms with E-state index in [0.717, 1.165) is 11.5 Å². The Balaban J connectivity index is 1.85. The molecule has 5 heteroatoms. The maximum atomic E-state index is 6.17. The largest absolute Gasteiger partial charge is 0.448 e. The van der Waals surface area contributed by atoms with Gasteiger partial charge >= 0.3 is 0 Å². The fourth-order valence-electron chi connectivity index (χ4n) is 2.38. The molecule has 0 saturated heterocycles. The van der Waals surface area contributed by atoms with Crippen LogP contribution in [0.3, 0.4) is 0 Å². The Kier molecular flexibility index (Phi) is 2.92. The van der Waals surface area contributed by atoms with E-state index in [1.54, 1.807) is 17.2 Å². The molecule has 0 spiro atoms. The highest BCUT2D eigenvalue weighted by atomic mass is 16.7. The fourth-order valence-corrected chi connectivity index (χ4v) is 2.38. The lowest BCUT2D eigenvalue weighted by atomic mass is 9.83. The van der Waals surface area contributed by atoms with Crippen LogP contribution in [-0.4, -0.2) is 20.8 Å². The van der Waals surface area contributed by atoms with Crippen LogP contribution in [0.2, 0.25) is 0 Å². The van der Waals surface area contributed by atoms with Gasteiger partial charge in [0.1, 0.15) is 0 Å². The highest BCUT2D eigenvalue weighted by Gasteiger charge is 2.51. The van der Waals surface area contributed by atoms with Crippen LogP contribution in [0.1, 0.15) is 27.2 Å². The minimum absolute atomic E-state index is 0.167. The van der Waals surface area contributed by atoms with Gasteiger partial charge in [0, 0.05) is 11.8 Å². The van der Waals surface area contributed by atoms with E-state index in [-0.39, 0.29) is 5.41 Å². The molecule has 2 heterocycles. The summed E-state index contributed by atoms with van der Waals surface area (Å²) in [5.41, 5.74) is -0.167. The fraction of sp³-hybridized carbons (Fsp3) is 0.467. The molecule has 0 fully saturated rings. The van der Waals surface area contributed by atoms with Crippen LogP contribution < -0.4 is 9.47 Å². The van der Waals surface area contributed by atoms with Gasteiger partial charge in [-0.1, -0.05) is 32.9 Å². The van der Waals surface area contributed by atoms with Gasteiger partial charge in [-0.2, -0.15) is 15.0 Å². The monoisotopic (exact) mass is 273 g/mol. The van der Waals surface area contributed by atoms with Crippen molar-refractivity contribution in [2.75, 3.05) is 0 Å². The SMILES string of the molecule is CC(C)(C)C1(CCn2nccn2)Oc2ccccc2O1. The van der Waals surface area contributed by atoms with E-state index in [1.807, 2.05) is 24.3 Å². The number of hydrogen-bond acceptors (Lipinski definition) is 4. The molecule has 0 N–H and O–H groups in total. The number of aromatic nitrogens is 3. The number of nitrogens with zero attached hydrogens (tertiary/aromatic N) is 3. The Bertz CT molecular complexity index is 562. The zero-order valence-electron chi connectivity index (χ0n) is 12.0. The van der Waals surface area contributed by atoms with Gasteiger partial charge in [-0.25, -0.2) is 0 Å². The first-order valence-corrected chi connectivity index (χ1v) is 6.81. The molecular weight excluding hydrogens is 254 g/mol. The normalized spacial score (nSPS) is 16.4. The van der Waals surface area contributed by atoms with Crippen LogP contribution in [0.15, 0.2) is 36.7 Å². The average Bonchev–Trinajstić information content (AvgIpc) is 3.03. The lowest BCUT2D eigenvalue weighted by Crippen LogP contribution is -2.51. The van der Waals surface area contributed by atoms with Crippen LogP contribution >= 0.6 is 0 Å². The number of fused-ring (bicyclic) bond motifs is 1. The number of ether oxygens (including phenoxy) is 2. The van der Waals surface area contributed by atoms with Crippen LogP contribution in [0, 0.1) is 5.41 Å². The molecule has 1 aromatic carbocycles. The first kappa shape index (κ1) is 13.0. The molecule has 2 aromatic rings. The number of benzene rings is 1. The maximum Gasteiger partial charge on any atom is 0.258 e. The molecule has 3 rings (SSSR count). The summed E-state index contributed by atoms with van der Waals surface area (Å²) in [5.74, 6) is 0.913. The second-order valence-electron chi connectivity index (χ2n) is 6.03. The third-order valence-corrected chi connectivity index (χ3v) is 3.65. The van der Waals surface area contributed by atoms with Crippen molar-refractivity contribution in [3.05, 3.63) is 36.7 Å². The first-order valence-electron chi connectivity index (χ1n) is 6.81. The maximum absolute atomic E-state index is 6.17. The van der Waals surface area contributed by atoms with Gasteiger partial charge in [-0.3, -0.25) is 0 Å². The zero-order chi connectivity index (χ0) is 14.2. The van der Waals surface area contributed by atoms with Gasteiger partial charge in [0.15, 0.2) is 11.5 Å². The molecule has 0 saturated carbocycles. The summed E-state index contributed by atoms with van der Waals surface area (Å²) in [6.07, 6.45) is 4.03. The predicted molar refractivity (Wildman–Crippen MR) is 74.5 cm³/mol. The van der Waals surface area contributed by atoms with Gasteiger partial charge < -0.3 is 9.47 Å². The molecule has 0 aliphatic carbocycles. The lowest BCUT2D eigenvalue weighted by Gasteiger charge is -2.39. The van der Waals surface area contributed by atoms with Crippen molar-refractivity contribution in [1.82, 2.24) is 15.0 Å². The van der Waals surface area contributed by atoms with Crippen molar-refractivity contribution >= 4 is 0 Å². The first-order chi connectivity index (χ1) is 9.50. The van der Waals surface area contributed by atoms with Gasteiger partial charge in [-0.15, -0.1) is 0 Å². The van der Waals surface area contributed by atoms with Gasteiger partial charge in [0.25, 0.3) is 5.79 Å². The van der Waals surface area contributed by atoms with Crippen LogP contribution in [0.5, 0.6) is 11.5 Å². The topological polar surface area (TPSA) is 49.2 Å². The minimum Gasteiger partial charge on any atom is -0.448 e. The Morgan fingerprint density at radius 1 is 1.05 bits per heavy atom. The van der Waals surface area contributed by atoms with Gasteiger partial charge in [0.2, 0.25) is 0 Å². The highest BCUT2D eigenvalue weighted by Crippen LogP contribution is 2.48. The van der Waals surface area contributed by atoms with Crippen molar-refractivity contribution in [2.24, 2.45) is 5.41 Å². The number of aryl methyl sites for hydroxylation is 1. The summed E-state index contributed by atoms with van der Waals surface area (Å²) in [5, 5.41) is 8.27. The summed E-state index contributed by atoms with van der Waals surface area (Å²) >= 11 is 0. The van der Waals surface area contributed by atoms with E-state index in [2.05, 4.69) is 31.0 Å². The van der Waals surface area contributed by atoms with Crippen molar-refractivity contribution in [2.45, 2.75) is 39.5 Å². The number of rotatable bonds is 3. The summed E-state index contributed by atoms with van der Waals surface area (Å²) < 4.78 is 12.3. The van der Waals surface area contributed by atoms with E-state index < -0.39 is 5.79 Å². The Hall–Kier alpha value is -2.04. The van der Waals surface area contributed by atoms with Crippen LogP contribution in [0.25, 0.3) is 0 Å². The van der Waals surface area contributed by atoms with E-state index in [0.29, 0.717) is 13.0 Å². The van der Waals surface area contributed by atoms with E-state index in [9.17, 15) is 0 Å². The van der Waals surface area contributed by atoms with Crippen molar-refractivity contribution in [1.29, 1.82) is 0 Å². The third-order valence-electron chi connectivity index (χ3n) is 3.65. The Morgan fingerprint density at radius 2 is 1.60 bits per heavy atom. The summed E-state index contributed by atoms with van der Waals surface area (Å²) in [4.78, 5) is 1.66. The molecule has 0 unspecified atom stereocenters. The summed E-state index contributed by atoms with van der Waals surface area (Å²) in [7, 11) is 0.